The quantitative estimate of drug-likeness (QED) is 0.847. The summed E-state index contributed by atoms with van der Waals surface area (Å²) in [4.78, 5) is 20.8. The van der Waals surface area contributed by atoms with Gasteiger partial charge in [-0.05, 0) is 31.0 Å². The number of ether oxygens (including phenoxy) is 1. The zero-order valence-electron chi connectivity index (χ0n) is 13.7. The zero-order chi connectivity index (χ0) is 17.2. The highest BCUT2D eigenvalue weighted by molar-refractivity contribution is 5.95. The molecular formula is C17H19FN4O3. The Morgan fingerprint density at radius 2 is 2.04 bits per heavy atom. The van der Waals surface area contributed by atoms with Gasteiger partial charge in [0.1, 0.15) is 5.82 Å². The maximum Gasteiger partial charge on any atom is 0.254 e. The average molecular weight is 346 g/mol. The SMILES string of the molecule is O=C(c1cc(F)cc(N2CCOCC2)c1)N1CCCC1c1ncon1. The molecule has 2 aromatic rings. The molecule has 3 heterocycles. The topological polar surface area (TPSA) is 71.7 Å². The van der Waals surface area contributed by atoms with Crippen LogP contribution in [0, 0.1) is 5.82 Å². The van der Waals surface area contributed by atoms with E-state index in [0.717, 1.165) is 12.8 Å². The molecule has 2 aliphatic rings. The number of halogens is 1. The van der Waals surface area contributed by atoms with Crippen LogP contribution in [0.25, 0.3) is 0 Å². The number of rotatable bonds is 3. The molecule has 4 rings (SSSR count). The summed E-state index contributed by atoms with van der Waals surface area (Å²) in [6, 6.07) is 4.28. The van der Waals surface area contributed by atoms with E-state index in [4.69, 9.17) is 9.26 Å². The smallest absolute Gasteiger partial charge is 0.254 e. The Morgan fingerprint density at radius 3 is 2.80 bits per heavy atom. The monoisotopic (exact) mass is 346 g/mol. The number of hydrogen-bond donors (Lipinski definition) is 0. The average Bonchev–Trinajstić information content (AvgIpc) is 3.32. The van der Waals surface area contributed by atoms with Crippen LogP contribution in [0.2, 0.25) is 0 Å². The summed E-state index contributed by atoms with van der Waals surface area (Å²) in [5.41, 5.74) is 1.05. The number of anilines is 1. The van der Waals surface area contributed by atoms with E-state index >= 15 is 0 Å². The molecule has 0 aliphatic carbocycles. The van der Waals surface area contributed by atoms with Gasteiger partial charge in [0.15, 0.2) is 5.82 Å². The van der Waals surface area contributed by atoms with Crippen molar-refractivity contribution in [3.63, 3.8) is 0 Å². The second-order valence-corrected chi connectivity index (χ2v) is 6.24. The maximum atomic E-state index is 14.1. The Bertz CT molecular complexity index is 746. The number of nitrogens with zero attached hydrogens (tertiary/aromatic N) is 4. The summed E-state index contributed by atoms with van der Waals surface area (Å²) < 4.78 is 24.3. The number of aromatic nitrogens is 2. The van der Waals surface area contributed by atoms with Crippen molar-refractivity contribution in [1.82, 2.24) is 15.0 Å². The van der Waals surface area contributed by atoms with Crippen molar-refractivity contribution >= 4 is 11.6 Å². The van der Waals surface area contributed by atoms with Gasteiger partial charge in [0.05, 0.1) is 19.3 Å². The van der Waals surface area contributed by atoms with Crippen molar-refractivity contribution < 1.29 is 18.4 Å². The lowest BCUT2D eigenvalue weighted by atomic mass is 10.1. The van der Waals surface area contributed by atoms with E-state index in [2.05, 4.69) is 10.1 Å². The molecule has 2 saturated heterocycles. The van der Waals surface area contributed by atoms with E-state index in [1.807, 2.05) is 4.90 Å². The fraction of sp³-hybridized carbons (Fsp3) is 0.471. The second kappa shape index (κ2) is 6.79. The largest absolute Gasteiger partial charge is 0.378 e. The summed E-state index contributed by atoms with van der Waals surface area (Å²) >= 11 is 0. The molecule has 0 spiro atoms. The number of benzene rings is 1. The highest BCUT2D eigenvalue weighted by Crippen LogP contribution is 2.32. The Kier molecular flexibility index (Phi) is 4.35. The molecule has 1 atom stereocenters. The molecule has 132 valence electrons. The van der Waals surface area contributed by atoms with E-state index in [0.29, 0.717) is 49.9 Å². The highest BCUT2D eigenvalue weighted by Gasteiger charge is 2.33. The standard InChI is InChI=1S/C17H19FN4O3/c18-13-8-12(9-14(10-13)21-4-6-24-7-5-21)17(23)22-3-1-2-15(22)16-19-11-25-20-16/h8-11,15H,1-7H2. The first kappa shape index (κ1) is 16.0. The minimum absolute atomic E-state index is 0.207. The Morgan fingerprint density at radius 1 is 1.20 bits per heavy atom. The molecular weight excluding hydrogens is 327 g/mol. The number of hydrogen-bond acceptors (Lipinski definition) is 6. The molecule has 0 N–H and O–H groups in total. The summed E-state index contributed by atoms with van der Waals surface area (Å²) in [5.74, 6) is -0.125. The van der Waals surface area contributed by atoms with Crippen LogP contribution in [-0.4, -0.2) is 53.8 Å². The Hall–Kier alpha value is -2.48. The van der Waals surface area contributed by atoms with Crippen LogP contribution in [0.1, 0.15) is 35.1 Å². The third kappa shape index (κ3) is 3.21. The summed E-state index contributed by atoms with van der Waals surface area (Å²) in [5, 5.41) is 3.86. The van der Waals surface area contributed by atoms with Gasteiger partial charge in [-0.1, -0.05) is 5.16 Å². The van der Waals surface area contributed by atoms with E-state index in [-0.39, 0.29) is 11.9 Å². The molecule has 1 aromatic carbocycles. The molecule has 0 radical (unpaired) electrons. The fourth-order valence-corrected chi connectivity index (χ4v) is 3.47. The molecule has 8 heteroatoms. The molecule has 1 aromatic heterocycles. The third-order valence-corrected chi connectivity index (χ3v) is 4.70. The first-order chi connectivity index (χ1) is 12.2. The Balaban J connectivity index is 1.60. The van der Waals surface area contributed by atoms with E-state index in [1.54, 1.807) is 11.0 Å². The zero-order valence-corrected chi connectivity index (χ0v) is 13.7. The molecule has 2 fully saturated rings. The van der Waals surface area contributed by atoms with E-state index in [9.17, 15) is 9.18 Å². The summed E-state index contributed by atoms with van der Waals surface area (Å²) in [6.07, 6.45) is 2.89. The number of amides is 1. The molecule has 0 saturated carbocycles. The summed E-state index contributed by atoms with van der Waals surface area (Å²) in [6.45, 7) is 3.18. The maximum absolute atomic E-state index is 14.1. The van der Waals surface area contributed by atoms with Gasteiger partial charge in [-0.25, -0.2) is 4.39 Å². The molecule has 7 nitrogen and oxygen atoms in total. The van der Waals surface area contributed by atoms with Gasteiger partial charge in [-0.3, -0.25) is 4.79 Å². The molecule has 1 unspecified atom stereocenters. The van der Waals surface area contributed by atoms with Crippen LogP contribution in [0.4, 0.5) is 10.1 Å². The van der Waals surface area contributed by atoms with Crippen LogP contribution in [0.3, 0.4) is 0 Å². The van der Waals surface area contributed by atoms with Crippen molar-refractivity contribution in [2.45, 2.75) is 18.9 Å². The molecule has 25 heavy (non-hydrogen) atoms. The van der Waals surface area contributed by atoms with E-state index < -0.39 is 5.82 Å². The minimum Gasteiger partial charge on any atom is -0.378 e. The number of carbonyl (C=O) groups excluding carboxylic acids is 1. The first-order valence-electron chi connectivity index (χ1n) is 8.43. The van der Waals surface area contributed by atoms with Crippen LogP contribution < -0.4 is 4.90 Å². The lowest BCUT2D eigenvalue weighted by Crippen LogP contribution is -2.36. The lowest BCUT2D eigenvalue weighted by Gasteiger charge is -2.29. The van der Waals surface area contributed by atoms with Gasteiger partial charge < -0.3 is 19.1 Å². The van der Waals surface area contributed by atoms with Gasteiger partial charge in [-0.15, -0.1) is 0 Å². The number of likely N-dealkylation sites (tertiary alicyclic amines) is 1. The van der Waals surface area contributed by atoms with Crippen molar-refractivity contribution in [2.24, 2.45) is 0 Å². The van der Waals surface area contributed by atoms with Crippen LogP contribution in [0.5, 0.6) is 0 Å². The minimum atomic E-state index is -0.414. The highest BCUT2D eigenvalue weighted by atomic mass is 19.1. The number of morpholine rings is 1. The van der Waals surface area contributed by atoms with Gasteiger partial charge in [0.25, 0.3) is 5.91 Å². The van der Waals surface area contributed by atoms with Crippen LogP contribution >= 0.6 is 0 Å². The van der Waals surface area contributed by atoms with Crippen molar-refractivity contribution in [3.05, 3.63) is 41.8 Å². The Labute approximate surface area is 144 Å². The van der Waals surface area contributed by atoms with Crippen molar-refractivity contribution in [2.75, 3.05) is 37.7 Å². The normalized spacial score (nSPS) is 20.9. The lowest BCUT2D eigenvalue weighted by molar-refractivity contribution is 0.0728. The summed E-state index contributed by atoms with van der Waals surface area (Å²) in [7, 11) is 0. The van der Waals surface area contributed by atoms with Crippen molar-refractivity contribution in [1.29, 1.82) is 0 Å². The molecule has 1 amide bonds. The fourth-order valence-electron chi connectivity index (χ4n) is 3.47. The van der Waals surface area contributed by atoms with Gasteiger partial charge in [0.2, 0.25) is 6.39 Å². The van der Waals surface area contributed by atoms with Crippen molar-refractivity contribution in [3.8, 4) is 0 Å². The predicted molar refractivity (Wildman–Crippen MR) is 86.7 cm³/mol. The molecule has 0 bridgehead atoms. The van der Waals surface area contributed by atoms with Gasteiger partial charge in [-0.2, -0.15) is 4.98 Å². The molecule has 2 aliphatic heterocycles. The first-order valence-corrected chi connectivity index (χ1v) is 8.43. The van der Waals surface area contributed by atoms with Crippen LogP contribution in [0.15, 0.2) is 29.1 Å². The third-order valence-electron chi connectivity index (χ3n) is 4.70. The van der Waals surface area contributed by atoms with Crippen LogP contribution in [-0.2, 0) is 4.74 Å². The second-order valence-electron chi connectivity index (χ2n) is 6.24. The van der Waals surface area contributed by atoms with Gasteiger partial charge in [0, 0.05) is 30.9 Å². The number of carbonyl (C=O) groups is 1. The van der Waals surface area contributed by atoms with E-state index in [1.165, 1.54) is 18.5 Å². The van der Waals surface area contributed by atoms with Gasteiger partial charge >= 0.3 is 0 Å². The predicted octanol–water partition coefficient (Wildman–Crippen LogP) is 2.02.